The van der Waals surface area contributed by atoms with Gasteiger partial charge in [0.25, 0.3) is 0 Å². The monoisotopic (exact) mass is 341 g/mol. The average Bonchev–Trinajstić information content (AvgIpc) is 2.43. The Kier molecular flexibility index (Phi) is 6.32. The summed E-state index contributed by atoms with van der Waals surface area (Å²) in [5, 5.41) is 11.9. The number of aliphatic carboxylic acids is 1. The third kappa shape index (κ3) is 5.67. The first kappa shape index (κ1) is 19.2. The van der Waals surface area contributed by atoms with Crippen molar-refractivity contribution in [1.82, 2.24) is 5.32 Å². The maximum Gasteiger partial charge on any atom is 0.315 e. The Hall–Kier alpha value is -1.89. The Morgan fingerprint density at radius 3 is 2.26 bits per heavy atom. The number of amides is 1. The lowest BCUT2D eigenvalue weighted by Crippen LogP contribution is -2.45. The standard InChI is InChI=1S/C16H23NO5S/c1-12(2)9-23(21,22)10-14(18)17-11-16(3,15(19)20)13-7-5-4-6-8-13/h4-8,12H,9-11H2,1-3H3,(H,17,18)(H,19,20). The first-order valence-corrected chi connectivity index (χ1v) is 9.15. The smallest absolute Gasteiger partial charge is 0.315 e. The van der Waals surface area contributed by atoms with Gasteiger partial charge in [-0.1, -0.05) is 44.2 Å². The number of carbonyl (C=O) groups excluding carboxylic acids is 1. The van der Waals surface area contributed by atoms with Gasteiger partial charge in [-0.25, -0.2) is 8.42 Å². The van der Waals surface area contributed by atoms with Gasteiger partial charge >= 0.3 is 5.97 Å². The molecule has 6 nitrogen and oxygen atoms in total. The molecule has 0 spiro atoms. The zero-order valence-corrected chi connectivity index (χ0v) is 14.4. The summed E-state index contributed by atoms with van der Waals surface area (Å²) in [6.45, 7) is 4.83. The predicted molar refractivity (Wildman–Crippen MR) is 87.9 cm³/mol. The molecule has 0 bridgehead atoms. The van der Waals surface area contributed by atoms with E-state index in [1.807, 2.05) is 0 Å². The summed E-state index contributed by atoms with van der Waals surface area (Å²) in [5.41, 5.74) is -0.781. The molecule has 0 heterocycles. The lowest BCUT2D eigenvalue weighted by atomic mass is 9.82. The Morgan fingerprint density at radius 1 is 1.22 bits per heavy atom. The van der Waals surface area contributed by atoms with E-state index in [4.69, 9.17) is 0 Å². The van der Waals surface area contributed by atoms with E-state index in [1.165, 1.54) is 6.92 Å². The molecule has 0 saturated carbocycles. The average molecular weight is 341 g/mol. The highest BCUT2D eigenvalue weighted by Crippen LogP contribution is 2.23. The minimum Gasteiger partial charge on any atom is -0.481 e. The Bertz CT molecular complexity index is 654. The number of rotatable bonds is 8. The molecule has 0 radical (unpaired) electrons. The number of sulfone groups is 1. The van der Waals surface area contributed by atoms with Crippen LogP contribution in [0.1, 0.15) is 26.3 Å². The Labute approximate surface area is 136 Å². The number of carbonyl (C=O) groups is 2. The van der Waals surface area contributed by atoms with Gasteiger partial charge < -0.3 is 10.4 Å². The van der Waals surface area contributed by atoms with Gasteiger partial charge in [0.05, 0.1) is 5.75 Å². The highest BCUT2D eigenvalue weighted by molar-refractivity contribution is 7.92. The molecule has 2 N–H and O–H groups in total. The van der Waals surface area contributed by atoms with Crippen molar-refractivity contribution < 1.29 is 23.1 Å². The fourth-order valence-corrected chi connectivity index (χ4v) is 3.84. The highest BCUT2D eigenvalue weighted by atomic mass is 32.2. The number of benzene rings is 1. The first-order valence-electron chi connectivity index (χ1n) is 7.33. The van der Waals surface area contributed by atoms with Crippen molar-refractivity contribution in [2.45, 2.75) is 26.2 Å². The normalized spacial score (nSPS) is 14.3. The second-order valence-electron chi connectivity index (χ2n) is 6.23. The van der Waals surface area contributed by atoms with Crippen LogP contribution in [0.3, 0.4) is 0 Å². The quantitative estimate of drug-likeness (QED) is 0.740. The molecule has 0 aromatic heterocycles. The summed E-state index contributed by atoms with van der Waals surface area (Å²) in [5.74, 6) is -2.55. The number of hydrogen-bond donors (Lipinski definition) is 2. The molecular weight excluding hydrogens is 318 g/mol. The van der Waals surface area contributed by atoms with Gasteiger partial charge in [-0.05, 0) is 18.4 Å². The zero-order chi connectivity index (χ0) is 17.7. The lowest BCUT2D eigenvalue weighted by molar-refractivity contribution is -0.143. The van der Waals surface area contributed by atoms with Crippen LogP contribution < -0.4 is 5.32 Å². The van der Waals surface area contributed by atoms with E-state index >= 15 is 0 Å². The van der Waals surface area contributed by atoms with Crippen LogP contribution >= 0.6 is 0 Å². The summed E-state index contributed by atoms with van der Waals surface area (Å²) < 4.78 is 23.6. The second kappa shape index (κ2) is 7.59. The van der Waals surface area contributed by atoms with Gasteiger partial charge in [0.15, 0.2) is 9.84 Å². The van der Waals surface area contributed by atoms with E-state index in [0.717, 1.165) is 0 Å². The SMILES string of the molecule is CC(C)CS(=O)(=O)CC(=O)NCC(C)(C(=O)O)c1ccccc1. The van der Waals surface area contributed by atoms with Crippen molar-refractivity contribution in [2.24, 2.45) is 5.92 Å². The van der Waals surface area contributed by atoms with E-state index in [2.05, 4.69) is 5.32 Å². The molecule has 128 valence electrons. The van der Waals surface area contributed by atoms with Crippen LogP contribution in [0.5, 0.6) is 0 Å². The van der Waals surface area contributed by atoms with Gasteiger partial charge in [0, 0.05) is 6.54 Å². The van der Waals surface area contributed by atoms with Gasteiger partial charge in [0.1, 0.15) is 11.2 Å². The molecule has 1 unspecified atom stereocenters. The fourth-order valence-electron chi connectivity index (χ4n) is 2.20. The predicted octanol–water partition coefficient (Wildman–Crippen LogP) is 1.22. The van der Waals surface area contributed by atoms with Crippen LogP contribution in [-0.4, -0.2) is 43.5 Å². The van der Waals surface area contributed by atoms with Gasteiger partial charge in [-0.3, -0.25) is 9.59 Å². The van der Waals surface area contributed by atoms with Crippen molar-refractivity contribution in [2.75, 3.05) is 18.1 Å². The summed E-state index contributed by atoms with van der Waals surface area (Å²) in [4.78, 5) is 23.5. The van der Waals surface area contributed by atoms with E-state index in [0.29, 0.717) is 5.56 Å². The molecular formula is C16H23NO5S. The molecule has 1 aromatic rings. The minimum absolute atomic E-state index is 0.0681. The van der Waals surface area contributed by atoms with Gasteiger partial charge in [-0.15, -0.1) is 0 Å². The molecule has 0 aliphatic rings. The summed E-state index contributed by atoms with van der Waals surface area (Å²) in [6, 6.07) is 8.52. The fraction of sp³-hybridized carbons (Fsp3) is 0.500. The number of hydrogen-bond acceptors (Lipinski definition) is 4. The molecule has 0 saturated heterocycles. The maximum atomic E-state index is 11.9. The zero-order valence-electron chi connectivity index (χ0n) is 13.6. The topological polar surface area (TPSA) is 101 Å². The van der Waals surface area contributed by atoms with Gasteiger partial charge in [0.2, 0.25) is 5.91 Å². The Balaban J connectivity index is 2.77. The summed E-state index contributed by atoms with van der Waals surface area (Å²) in [7, 11) is -3.49. The molecule has 0 aliphatic carbocycles. The largest absolute Gasteiger partial charge is 0.481 e. The van der Waals surface area contributed by atoms with E-state index in [9.17, 15) is 23.1 Å². The van der Waals surface area contributed by atoms with Crippen LogP contribution in [0.25, 0.3) is 0 Å². The second-order valence-corrected chi connectivity index (χ2v) is 8.34. The third-order valence-electron chi connectivity index (χ3n) is 3.46. The molecule has 23 heavy (non-hydrogen) atoms. The number of carboxylic acids is 1. The van der Waals surface area contributed by atoms with Crippen LogP contribution in [-0.2, 0) is 24.8 Å². The van der Waals surface area contributed by atoms with E-state index in [-0.39, 0.29) is 18.2 Å². The van der Waals surface area contributed by atoms with Crippen LogP contribution in [0, 0.1) is 5.92 Å². The lowest BCUT2D eigenvalue weighted by Gasteiger charge is -2.25. The molecule has 7 heteroatoms. The van der Waals surface area contributed by atoms with Crippen molar-refractivity contribution in [1.29, 1.82) is 0 Å². The maximum absolute atomic E-state index is 11.9. The minimum atomic E-state index is -3.49. The summed E-state index contributed by atoms with van der Waals surface area (Å²) >= 11 is 0. The van der Waals surface area contributed by atoms with Gasteiger partial charge in [-0.2, -0.15) is 0 Å². The van der Waals surface area contributed by atoms with E-state index in [1.54, 1.807) is 44.2 Å². The molecule has 1 rings (SSSR count). The molecule has 1 amide bonds. The third-order valence-corrected chi connectivity index (χ3v) is 5.34. The van der Waals surface area contributed by atoms with Crippen molar-refractivity contribution >= 4 is 21.7 Å². The van der Waals surface area contributed by atoms with Crippen molar-refractivity contribution in [3.63, 3.8) is 0 Å². The molecule has 1 atom stereocenters. The molecule has 0 aliphatic heterocycles. The summed E-state index contributed by atoms with van der Waals surface area (Å²) in [6.07, 6.45) is 0. The van der Waals surface area contributed by atoms with Crippen LogP contribution in [0.4, 0.5) is 0 Å². The van der Waals surface area contributed by atoms with Crippen LogP contribution in [0.2, 0.25) is 0 Å². The van der Waals surface area contributed by atoms with Crippen LogP contribution in [0.15, 0.2) is 30.3 Å². The van der Waals surface area contributed by atoms with E-state index < -0.39 is 32.9 Å². The first-order chi connectivity index (χ1) is 10.6. The van der Waals surface area contributed by atoms with Crippen molar-refractivity contribution in [3.8, 4) is 0 Å². The number of nitrogens with one attached hydrogen (secondary N) is 1. The van der Waals surface area contributed by atoms with Crippen molar-refractivity contribution in [3.05, 3.63) is 35.9 Å². The number of carboxylic acid groups (broad SMARTS) is 1. The molecule has 1 aromatic carbocycles. The Morgan fingerprint density at radius 2 is 1.78 bits per heavy atom. The molecule has 0 fully saturated rings. The highest BCUT2D eigenvalue weighted by Gasteiger charge is 2.35.